The fourth-order valence-electron chi connectivity index (χ4n) is 2.08. The number of unbranched alkanes of at least 4 members (excludes halogenated alkanes) is 1. The minimum absolute atomic E-state index is 0.0890. The molecule has 23 heavy (non-hydrogen) atoms. The van der Waals surface area contributed by atoms with Gasteiger partial charge in [-0.1, -0.05) is 37.6 Å². The van der Waals surface area contributed by atoms with Gasteiger partial charge in [-0.3, -0.25) is 9.59 Å². The van der Waals surface area contributed by atoms with Crippen LogP contribution in [0.3, 0.4) is 0 Å². The van der Waals surface area contributed by atoms with Crippen LogP contribution in [0.4, 0.5) is 11.4 Å². The SMILES string of the molecule is CCCCc1ccc(NC(=O)C(=O)Nc2ccccc2O)cc1. The van der Waals surface area contributed by atoms with Crippen molar-refractivity contribution >= 4 is 23.2 Å². The lowest BCUT2D eigenvalue weighted by atomic mass is 10.1. The Morgan fingerprint density at radius 1 is 0.957 bits per heavy atom. The predicted molar refractivity (Wildman–Crippen MR) is 90.4 cm³/mol. The summed E-state index contributed by atoms with van der Waals surface area (Å²) in [5, 5.41) is 14.5. The molecular weight excluding hydrogens is 292 g/mol. The first-order valence-corrected chi connectivity index (χ1v) is 7.59. The highest BCUT2D eigenvalue weighted by Crippen LogP contribution is 2.21. The van der Waals surface area contributed by atoms with Crippen molar-refractivity contribution in [2.75, 3.05) is 10.6 Å². The number of phenolic OH excluding ortho intramolecular Hbond substituents is 1. The van der Waals surface area contributed by atoms with Crippen molar-refractivity contribution in [2.24, 2.45) is 0 Å². The predicted octanol–water partition coefficient (Wildman–Crippen LogP) is 3.31. The first kappa shape index (κ1) is 16.5. The molecule has 0 saturated heterocycles. The van der Waals surface area contributed by atoms with Gasteiger partial charge in [0.2, 0.25) is 0 Å². The van der Waals surface area contributed by atoms with Gasteiger partial charge in [0.25, 0.3) is 0 Å². The number of carbonyl (C=O) groups excluding carboxylic acids is 2. The number of hydrogen-bond donors (Lipinski definition) is 3. The molecule has 0 unspecified atom stereocenters. The Balaban J connectivity index is 1.93. The number of aromatic hydroxyl groups is 1. The number of nitrogens with one attached hydrogen (secondary N) is 2. The second kappa shape index (κ2) is 7.98. The molecule has 0 radical (unpaired) electrons. The summed E-state index contributed by atoms with van der Waals surface area (Å²) in [7, 11) is 0. The zero-order valence-corrected chi connectivity index (χ0v) is 13.0. The monoisotopic (exact) mass is 312 g/mol. The number of hydrogen-bond acceptors (Lipinski definition) is 3. The molecule has 2 amide bonds. The van der Waals surface area contributed by atoms with Gasteiger partial charge >= 0.3 is 11.8 Å². The summed E-state index contributed by atoms with van der Waals surface area (Å²) in [5.74, 6) is -1.70. The third-order valence-electron chi connectivity index (χ3n) is 3.39. The van der Waals surface area contributed by atoms with Crippen LogP contribution >= 0.6 is 0 Å². The largest absolute Gasteiger partial charge is 0.506 e. The average molecular weight is 312 g/mol. The number of aryl methyl sites for hydroxylation is 1. The number of phenols is 1. The van der Waals surface area contributed by atoms with E-state index in [-0.39, 0.29) is 11.4 Å². The molecule has 120 valence electrons. The van der Waals surface area contributed by atoms with E-state index in [1.54, 1.807) is 24.3 Å². The van der Waals surface area contributed by atoms with Crippen molar-refractivity contribution in [1.82, 2.24) is 0 Å². The lowest BCUT2D eigenvalue weighted by Gasteiger charge is -2.08. The molecule has 0 heterocycles. The van der Waals surface area contributed by atoms with Crippen LogP contribution in [0.15, 0.2) is 48.5 Å². The smallest absolute Gasteiger partial charge is 0.314 e. The highest BCUT2D eigenvalue weighted by atomic mass is 16.3. The number of rotatable bonds is 5. The minimum atomic E-state index is -0.832. The van der Waals surface area contributed by atoms with Crippen LogP contribution < -0.4 is 10.6 Å². The van der Waals surface area contributed by atoms with Crippen molar-refractivity contribution in [3.63, 3.8) is 0 Å². The Labute approximate surface area is 135 Å². The molecule has 3 N–H and O–H groups in total. The molecule has 0 aliphatic carbocycles. The van der Waals surface area contributed by atoms with E-state index in [2.05, 4.69) is 17.6 Å². The van der Waals surface area contributed by atoms with Gasteiger partial charge < -0.3 is 15.7 Å². The molecule has 0 atom stereocenters. The van der Waals surface area contributed by atoms with Crippen LogP contribution in [-0.4, -0.2) is 16.9 Å². The van der Waals surface area contributed by atoms with E-state index in [0.717, 1.165) is 19.3 Å². The number of carbonyl (C=O) groups is 2. The van der Waals surface area contributed by atoms with Crippen molar-refractivity contribution in [3.05, 3.63) is 54.1 Å². The van der Waals surface area contributed by atoms with Gasteiger partial charge in [0, 0.05) is 5.69 Å². The fraction of sp³-hybridized carbons (Fsp3) is 0.222. The molecule has 0 fully saturated rings. The van der Waals surface area contributed by atoms with Crippen molar-refractivity contribution in [2.45, 2.75) is 26.2 Å². The zero-order chi connectivity index (χ0) is 16.7. The molecule has 0 aromatic heterocycles. The van der Waals surface area contributed by atoms with Crippen LogP contribution in [0.2, 0.25) is 0 Å². The van der Waals surface area contributed by atoms with Crippen molar-refractivity contribution in [1.29, 1.82) is 0 Å². The first-order valence-electron chi connectivity index (χ1n) is 7.59. The Kier molecular flexibility index (Phi) is 5.74. The molecule has 5 heteroatoms. The van der Waals surface area contributed by atoms with Crippen LogP contribution in [0.25, 0.3) is 0 Å². The fourth-order valence-corrected chi connectivity index (χ4v) is 2.08. The number of amides is 2. The molecule has 0 bridgehead atoms. The van der Waals surface area contributed by atoms with Crippen LogP contribution in [0.1, 0.15) is 25.3 Å². The average Bonchev–Trinajstić information content (AvgIpc) is 2.56. The van der Waals surface area contributed by atoms with Crippen LogP contribution in [0.5, 0.6) is 5.75 Å². The first-order chi connectivity index (χ1) is 11.1. The highest BCUT2D eigenvalue weighted by Gasteiger charge is 2.15. The van der Waals surface area contributed by atoms with Gasteiger partial charge in [-0.15, -0.1) is 0 Å². The van der Waals surface area contributed by atoms with Crippen LogP contribution in [0, 0.1) is 0 Å². The number of para-hydroxylation sites is 2. The maximum atomic E-state index is 11.9. The Bertz CT molecular complexity index is 681. The summed E-state index contributed by atoms with van der Waals surface area (Å²) in [5.41, 5.74) is 1.95. The van der Waals surface area contributed by atoms with Crippen molar-refractivity contribution < 1.29 is 14.7 Å². The summed E-state index contributed by atoms with van der Waals surface area (Å²) in [6, 6.07) is 13.7. The highest BCUT2D eigenvalue weighted by molar-refractivity contribution is 6.43. The van der Waals surface area contributed by atoms with Gasteiger partial charge in [0.05, 0.1) is 5.69 Å². The minimum Gasteiger partial charge on any atom is -0.506 e. The summed E-state index contributed by atoms with van der Waals surface area (Å²) < 4.78 is 0. The lowest BCUT2D eigenvalue weighted by molar-refractivity contribution is -0.133. The molecule has 2 rings (SSSR count). The third kappa shape index (κ3) is 4.85. The Morgan fingerprint density at radius 2 is 1.61 bits per heavy atom. The summed E-state index contributed by atoms with van der Waals surface area (Å²) in [6.45, 7) is 2.14. The summed E-state index contributed by atoms with van der Waals surface area (Å²) >= 11 is 0. The normalized spacial score (nSPS) is 10.1. The van der Waals surface area contributed by atoms with E-state index in [1.807, 2.05) is 12.1 Å². The molecule has 0 spiro atoms. The van der Waals surface area contributed by atoms with Gasteiger partial charge in [0.15, 0.2) is 0 Å². The molecule has 0 saturated carbocycles. The van der Waals surface area contributed by atoms with Crippen LogP contribution in [-0.2, 0) is 16.0 Å². The lowest BCUT2D eigenvalue weighted by Crippen LogP contribution is -2.29. The van der Waals surface area contributed by atoms with Gasteiger partial charge in [-0.25, -0.2) is 0 Å². The molecule has 5 nitrogen and oxygen atoms in total. The Hall–Kier alpha value is -2.82. The third-order valence-corrected chi connectivity index (χ3v) is 3.39. The number of benzene rings is 2. The molecule has 2 aromatic carbocycles. The zero-order valence-electron chi connectivity index (χ0n) is 13.0. The molecule has 0 aliphatic heterocycles. The number of anilines is 2. The summed E-state index contributed by atoms with van der Waals surface area (Å²) in [6.07, 6.45) is 3.25. The second-order valence-electron chi connectivity index (χ2n) is 5.23. The van der Waals surface area contributed by atoms with E-state index in [0.29, 0.717) is 5.69 Å². The molecule has 2 aromatic rings. The maximum absolute atomic E-state index is 11.9. The molecule has 0 aliphatic rings. The summed E-state index contributed by atoms with van der Waals surface area (Å²) in [4.78, 5) is 23.7. The van der Waals surface area contributed by atoms with E-state index in [4.69, 9.17) is 0 Å². The van der Waals surface area contributed by atoms with E-state index < -0.39 is 11.8 Å². The van der Waals surface area contributed by atoms with E-state index >= 15 is 0 Å². The second-order valence-corrected chi connectivity index (χ2v) is 5.23. The molecular formula is C18H20N2O3. The maximum Gasteiger partial charge on any atom is 0.314 e. The standard InChI is InChI=1S/C18H20N2O3/c1-2-3-6-13-9-11-14(12-10-13)19-17(22)18(23)20-15-7-4-5-8-16(15)21/h4-5,7-12,21H,2-3,6H2,1H3,(H,19,22)(H,20,23). The van der Waals surface area contributed by atoms with E-state index in [1.165, 1.54) is 17.7 Å². The van der Waals surface area contributed by atoms with Gasteiger partial charge in [-0.2, -0.15) is 0 Å². The van der Waals surface area contributed by atoms with E-state index in [9.17, 15) is 14.7 Å². The topological polar surface area (TPSA) is 78.4 Å². The van der Waals surface area contributed by atoms with Gasteiger partial charge in [0.1, 0.15) is 5.75 Å². The van der Waals surface area contributed by atoms with Gasteiger partial charge in [-0.05, 0) is 42.7 Å². The Morgan fingerprint density at radius 3 is 2.26 bits per heavy atom. The van der Waals surface area contributed by atoms with Crippen molar-refractivity contribution in [3.8, 4) is 5.75 Å². The quantitative estimate of drug-likeness (QED) is 0.585.